The second kappa shape index (κ2) is 5.51. The standard InChI is InChI=1S/C17H28N2O/c1-17(2)14-4-3-13(15(17)10-14)11-19-16(20)9-12-5-7-18-8-6-12/h9,13-15,18H,3-8,10-11H2,1-2H3,(H,19,20)/t13-,14-,15-/m0/s1. The molecule has 2 bridgehead atoms. The van der Waals surface area contributed by atoms with Crippen LogP contribution in [0.4, 0.5) is 0 Å². The Hall–Kier alpha value is -0.830. The van der Waals surface area contributed by atoms with Crippen LogP contribution in [0.15, 0.2) is 11.6 Å². The molecule has 3 aliphatic carbocycles. The molecular formula is C17H28N2O. The lowest BCUT2D eigenvalue weighted by atomic mass is 9.45. The van der Waals surface area contributed by atoms with Crippen LogP contribution in [0.1, 0.15) is 46.0 Å². The Bertz CT molecular complexity index is 403. The molecule has 3 saturated carbocycles. The number of nitrogens with one attached hydrogen (secondary N) is 2. The van der Waals surface area contributed by atoms with Crippen molar-refractivity contribution in [2.24, 2.45) is 23.2 Å². The van der Waals surface area contributed by atoms with E-state index in [4.69, 9.17) is 0 Å². The molecule has 0 unspecified atom stereocenters. The number of hydrogen-bond donors (Lipinski definition) is 2. The molecule has 1 amide bonds. The van der Waals surface area contributed by atoms with Gasteiger partial charge < -0.3 is 10.6 Å². The van der Waals surface area contributed by atoms with Gasteiger partial charge in [-0.1, -0.05) is 19.4 Å². The van der Waals surface area contributed by atoms with E-state index in [9.17, 15) is 4.79 Å². The quantitative estimate of drug-likeness (QED) is 0.778. The number of fused-ring (bicyclic) bond motifs is 2. The van der Waals surface area contributed by atoms with E-state index in [0.29, 0.717) is 11.3 Å². The van der Waals surface area contributed by atoms with Crippen molar-refractivity contribution < 1.29 is 4.79 Å². The molecule has 0 spiro atoms. The third-order valence-electron chi connectivity index (χ3n) is 6.12. The molecule has 0 aromatic heterocycles. The SMILES string of the molecule is CC1(C)[C@H]2CC[C@@H](CNC(=O)C=C3CCNCC3)[C@@H]1C2. The first-order chi connectivity index (χ1) is 9.57. The van der Waals surface area contributed by atoms with Gasteiger partial charge in [-0.3, -0.25) is 4.79 Å². The van der Waals surface area contributed by atoms with Crippen LogP contribution in [-0.2, 0) is 4.79 Å². The maximum atomic E-state index is 12.0. The van der Waals surface area contributed by atoms with E-state index in [1.54, 1.807) is 0 Å². The monoisotopic (exact) mass is 276 g/mol. The molecule has 2 N–H and O–H groups in total. The van der Waals surface area contributed by atoms with Crippen LogP contribution >= 0.6 is 0 Å². The van der Waals surface area contributed by atoms with Crippen molar-refractivity contribution in [2.75, 3.05) is 19.6 Å². The second-order valence-corrected chi connectivity index (χ2v) is 7.50. The zero-order valence-electron chi connectivity index (χ0n) is 12.9. The third-order valence-corrected chi connectivity index (χ3v) is 6.12. The minimum atomic E-state index is 0.126. The molecule has 112 valence electrons. The van der Waals surface area contributed by atoms with Gasteiger partial charge in [-0.25, -0.2) is 0 Å². The third kappa shape index (κ3) is 2.65. The number of carbonyl (C=O) groups excluding carboxylic acids is 1. The average molecular weight is 276 g/mol. The summed E-state index contributed by atoms with van der Waals surface area (Å²) in [5.74, 6) is 2.59. The molecule has 20 heavy (non-hydrogen) atoms. The van der Waals surface area contributed by atoms with Gasteiger partial charge in [0.05, 0.1) is 0 Å². The largest absolute Gasteiger partial charge is 0.352 e. The smallest absolute Gasteiger partial charge is 0.243 e. The van der Waals surface area contributed by atoms with Gasteiger partial charge >= 0.3 is 0 Å². The predicted molar refractivity (Wildman–Crippen MR) is 81.3 cm³/mol. The number of rotatable bonds is 3. The summed E-state index contributed by atoms with van der Waals surface area (Å²) < 4.78 is 0. The summed E-state index contributed by atoms with van der Waals surface area (Å²) in [7, 11) is 0. The van der Waals surface area contributed by atoms with E-state index < -0.39 is 0 Å². The molecule has 4 aliphatic rings. The van der Waals surface area contributed by atoms with Crippen LogP contribution in [-0.4, -0.2) is 25.5 Å². The van der Waals surface area contributed by atoms with Crippen LogP contribution in [0, 0.1) is 23.2 Å². The topological polar surface area (TPSA) is 41.1 Å². The normalized spacial score (nSPS) is 35.1. The fraction of sp³-hybridized carbons (Fsp3) is 0.824. The number of piperidine rings is 1. The molecule has 0 aromatic rings. The highest BCUT2D eigenvalue weighted by Gasteiger charge is 2.53. The lowest BCUT2D eigenvalue weighted by Gasteiger charge is -2.60. The second-order valence-electron chi connectivity index (χ2n) is 7.50. The minimum absolute atomic E-state index is 0.126. The van der Waals surface area contributed by atoms with Crippen LogP contribution < -0.4 is 10.6 Å². The van der Waals surface area contributed by atoms with Crippen molar-refractivity contribution in [2.45, 2.75) is 46.0 Å². The molecule has 3 heteroatoms. The van der Waals surface area contributed by atoms with E-state index >= 15 is 0 Å². The highest BCUT2D eigenvalue weighted by atomic mass is 16.1. The van der Waals surface area contributed by atoms with Gasteiger partial charge in [0.2, 0.25) is 5.91 Å². The molecule has 3 nitrogen and oxygen atoms in total. The van der Waals surface area contributed by atoms with Gasteiger partial charge in [0.1, 0.15) is 0 Å². The first-order valence-electron chi connectivity index (χ1n) is 8.25. The molecule has 1 saturated heterocycles. The van der Waals surface area contributed by atoms with E-state index in [0.717, 1.165) is 44.3 Å². The number of carbonyl (C=O) groups is 1. The molecule has 4 fully saturated rings. The molecular weight excluding hydrogens is 248 g/mol. The van der Waals surface area contributed by atoms with Crippen molar-refractivity contribution in [3.63, 3.8) is 0 Å². The van der Waals surface area contributed by atoms with Crippen LogP contribution in [0.2, 0.25) is 0 Å². The van der Waals surface area contributed by atoms with E-state index in [2.05, 4.69) is 24.5 Å². The summed E-state index contributed by atoms with van der Waals surface area (Å²) in [4.78, 5) is 12.0. The number of hydrogen-bond acceptors (Lipinski definition) is 2. The lowest BCUT2D eigenvalue weighted by molar-refractivity contribution is -0.120. The zero-order chi connectivity index (χ0) is 14.2. The molecule has 0 radical (unpaired) electrons. The maximum Gasteiger partial charge on any atom is 0.243 e. The lowest BCUT2D eigenvalue weighted by Crippen LogP contribution is -2.54. The number of amides is 1. The highest BCUT2D eigenvalue weighted by molar-refractivity contribution is 5.88. The predicted octanol–water partition coefficient (Wildman–Crippen LogP) is 2.48. The van der Waals surface area contributed by atoms with Crippen molar-refractivity contribution >= 4 is 5.91 Å². The van der Waals surface area contributed by atoms with Crippen molar-refractivity contribution in [1.29, 1.82) is 0 Å². The van der Waals surface area contributed by atoms with Gasteiger partial charge in [-0.05, 0) is 68.4 Å². The van der Waals surface area contributed by atoms with Gasteiger partial charge in [-0.2, -0.15) is 0 Å². The maximum absolute atomic E-state index is 12.0. The van der Waals surface area contributed by atoms with Crippen molar-refractivity contribution in [3.05, 3.63) is 11.6 Å². The first kappa shape index (κ1) is 14.1. The average Bonchev–Trinajstić information content (AvgIpc) is 2.46. The summed E-state index contributed by atoms with van der Waals surface area (Å²) >= 11 is 0. The van der Waals surface area contributed by atoms with Crippen molar-refractivity contribution in [3.8, 4) is 0 Å². The summed E-state index contributed by atoms with van der Waals surface area (Å²) in [5.41, 5.74) is 1.81. The Morgan fingerprint density at radius 3 is 2.75 bits per heavy atom. The molecule has 4 rings (SSSR count). The first-order valence-corrected chi connectivity index (χ1v) is 8.25. The summed E-state index contributed by atoms with van der Waals surface area (Å²) in [6.07, 6.45) is 7.94. The van der Waals surface area contributed by atoms with Gasteiger partial charge in [-0.15, -0.1) is 0 Å². The molecule has 1 heterocycles. The van der Waals surface area contributed by atoms with E-state index in [1.165, 1.54) is 24.8 Å². The van der Waals surface area contributed by atoms with Crippen LogP contribution in [0.5, 0.6) is 0 Å². The summed E-state index contributed by atoms with van der Waals surface area (Å²) in [5, 5.41) is 6.48. The van der Waals surface area contributed by atoms with Gasteiger partial charge in [0.15, 0.2) is 0 Å². The minimum Gasteiger partial charge on any atom is -0.352 e. The molecule has 3 atom stereocenters. The van der Waals surface area contributed by atoms with Gasteiger partial charge in [0, 0.05) is 12.6 Å². The Morgan fingerprint density at radius 1 is 1.35 bits per heavy atom. The Kier molecular flexibility index (Phi) is 3.89. The van der Waals surface area contributed by atoms with Crippen LogP contribution in [0.3, 0.4) is 0 Å². The Labute approximate surface area is 122 Å². The highest BCUT2D eigenvalue weighted by Crippen LogP contribution is 2.61. The van der Waals surface area contributed by atoms with Gasteiger partial charge in [0.25, 0.3) is 0 Å². The summed E-state index contributed by atoms with van der Waals surface area (Å²) in [6, 6.07) is 0. The Morgan fingerprint density at radius 2 is 2.10 bits per heavy atom. The Balaban J connectivity index is 1.48. The van der Waals surface area contributed by atoms with E-state index in [1.807, 2.05) is 6.08 Å². The molecule has 0 aromatic carbocycles. The zero-order valence-corrected chi connectivity index (χ0v) is 12.9. The van der Waals surface area contributed by atoms with E-state index in [-0.39, 0.29) is 5.91 Å². The van der Waals surface area contributed by atoms with Crippen LogP contribution in [0.25, 0.3) is 0 Å². The summed E-state index contributed by atoms with van der Waals surface area (Å²) in [6.45, 7) is 7.73. The fourth-order valence-corrected chi connectivity index (χ4v) is 4.57. The molecule has 1 aliphatic heterocycles. The van der Waals surface area contributed by atoms with Crippen molar-refractivity contribution in [1.82, 2.24) is 10.6 Å². The fourth-order valence-electron chi connectivity index (χ4n) is 4.57.